The number of halogens is 2. The molecule has 1 fully saturated rings. The number of benzene rings is 1. The van der Waals surface area contributed by atoms with E-state index >= 15 is 0 Å². The second-order valence-corrected chi connectivity index (χ2v) is 10.9. The summed E-state index contributed by atoms with van der Waals surface area (Å²) >= 11 is 2.83. The average Bonchev–Trinajstić information content (AvgIpc) is 3.43. The van der Waals surface area contributed by atoms with Crippen LogP contribution in [-0.4, -0.2) is 47.5 Å². The molecule has 1 aliphatic rings. The van der Waals surface area contributed by atoms with Crippen molar-refractivity contribution in [3.8, 4) is 11.4 Å². The van der Waals surface area contributed by atoms with E-state index in [1.165, 1.54) is 16.1 Å². The molecular formula is C20H23F2N7OS2. The van der Waals surface area contributed by atoms with Gasteiger partial charge in [0.05, 0.1) is 13.0 Å². The minimum Gasteiger partial charge on any atom is -0.300 e. The zero-order valence-corrected chi connectivity index (χ0v) is 19.5. The summed E-state index contributed by atoms with van der Waals surface area (Å²) < 4.78 is 28.7. The lowest BCUT2D eigenvalue weighted by Crippen LogP contribution is -2.27. The highest BCUT2D eigenvalue weighted by molar-refractivity contribution is 8.01. The van der Waals surface area contributed by atoms with Crippen molar-refractivity contribution in [2.24, 2.45) is 13.0 Å². The van der Waals surface area contributed by atoms with Gasteiger partial charge in [0.25, 0.3) is 0 Å². The van der Waals surface area contributed by atoms with Crippen LogP contribution in [0, 0.1) is 5.92 Å². The SMILES string of the molecule is CC(C)Sc1nnc(NC(=O)[C@H](c2ccc(-c3nnn(C)n3)cc2)[C@H]2CCC(F)(F)C2)s1. The predicted molar refractivity (Wildman–Crippen MR) is 119 cm³/mol. The van der Waals surface area contributed by atoms with Crippen molar-refractivity contribution < 1.29 is 13.6 Å². The summed E-state index contributed by atoms with van der Waals surface area (Å²) in [5, 5.41) is 23.6. The van der Waals surface area contributed by atoms with Crippen molar-refractivity contribution in [1.29, 1.82) is 0 Å². The molecule has 0 bridgehead atoms. The third-order valence-electron chi connectivity index (χ3n) is 5.21. The summed E-state index contributed by atoms with van der Waals surface area (Å²) in [6.45, 7) is 4.08. The maximum atomic E-state index is 14.0. The molecule has 1 aliphatic carbocycles. The molecule has 1 amide bonds. The first kappa shape index (κ1) is 22.7. The number of anilines is 1. The van der Waals surface area contributed by atoms with Crippen LogP contribution in [0.4, 0.5) is 13.9 Å². The van der Waals surface area contributed by atoms with Gasteiger partial charge in [0.1, 0.15) is 0 Å². The van der Waals surface area contributed by atoms with Gasteiger partial charge in [-0.15, -0.1) is 20.4 Å². The van der Waals surface area contributed by atoms with Crippen molar-refractivity contribution in [2.75, 3.05) is 5.32 Å². The standard InChI is InChI=1S/C20H23F2N7OS2/c1-11(2)31-19-26-25-18(32-19)23-17(30)15(14-8-9-20(21,22)10-14)12-4-6-13(7-5-12)16-24-28-29(3)27-16/h4-7,11,14-15H,8-10H2,1-3H3,(H,23,25,30)/t14-,15+/m0/s1. The maximum Gasteiger partial charge on any atom is 0.248 e. The molecule has 12 heteroatoms. The topological polar surface area (TPSA) is 98.5 Å². The van der Waals surface area contributed by atoms with Crippen molar-refractivity contribution in [2.45, 2.75) is 54.5 Å². The van der Waals surface area contributed by atoms with E-state index in [1.54, 1.807) is 43.1 Å². The van der Waals surface area contributed by atoms with E-state index < -0.39 is 17.8 Å². The zero-order valence-electron chi connectivity index (χ0n) is 17.8. The number of carbonyl (C=O) groups excluding carboxylic acids is 1. The smallest absolute Gasteiger partial charge is 0.248 e. The molecule has 0 saturated heterocycles. The number of amides is 1. The van der Waals surface area contributed by atoms with Crippen LogP contribution in [0.25, 0.3) is 11.4 Å². The zero-order chi connectivity index (χ0) is 22.9. The minimum absolute atomic E-state index is 0.211. The van der Waals surface area contributed by atoms with Crippen molar-refractivity contribution in [3.05, 3.63) is 29.8 Å². The first-order valence-electron chi connectivity index (χ1n) is 10.2. The van der Waals surface area contributed by atoms with Gasteiger partial charge in [0, 0.05) is 23.7 Å². The van der Waals surface area contributed by atoms with Crippen LogP contribution in [0.15, 0.2) is 28.6 Å². The fourth-order valence-electron chi connectivity index (χ4n) is 3.84. The highest BCUT2D eigenvalue weighted by Crippen LogP contribution is 2.46. The Morgan fingerprint density at radius 1 is 1.25 bits per heavy atom. The first-order chi connectivity index (χ1) is 15.2. The fraction of sp³-hybridized carbons (Fsp3) is 0.500. The molecule has 8 nitrogen and oxygen atoms in total. The van der Waals surface area contributed by atoms with Crippen LogP contribution in [-0.2, 0) is 11.8 Å². The van der Waals surface area contributed by atoms with Gasteiger partial charge in [-0.1, -0.05) is 61.2 Å². The molecule has 1 N–H and O–H groups in total. The molecule has 0 unspecified atom stereocenters. The Bertz CT molecular complexity index is 1080. The molecule has 3 aromatic rings. The number of aromatic nitrogens is 6. The number of rotatable bonds is 7. The summed E-state index contributed by atoms with van der Waals surface area (Å²) in [6, 6.07) is 7.10. The number of nitrogens with one attached hydrogen (secondary N) is 1. The van der Waals surface area contributed by atoms with E-state index in [9.17, 15) is 13.6 Å². The van der Waals surface area contributed by atoms with E-state index in [4.69, 9.17) is 0 Å². The predicted octanol–water partition coefficient (Wildman–Crippen LogP) is 4.39. The third-order valence-corrected chi connectivity index (χ3v) is 7.13. The highest BCUT2D eigenvalue weighted by atomic mass is 32.2. The molecular weight excluding hydrogens is 456 g/mol. The Kier molecular flexibility index (Phi) is 6.52. The molecule has 2 atom stereocenters. The van der Waals surface area contributed by atoms with Crippen molar-refractivity contribution in [3.63, 3.8) is 0 Å². The van der Waals surface area contributed by atoms with Gasteiger partial charge in [-0.2, -0.15) is 4.80 Å². The summed E-state index contributed by atoms with van der Waals surface area (Å²) in [7, 11) is 1.67. The molecule has 4 rings (SSSR count). The lowest BCUT2D eigenvalue weighted by molar-refractivity contribution is -0.118. The monoisotopic (exact) mass is 479 g/mol. The Morgan fingerprint density at radius 3 is 2.59 bits per heavy atom. The van der Waals surface area contributed by atoms with E-state index in [1.807, 2.05) is 13.8 Å². The molecule has 0 aliphatic heterocycles. The number of hydrogen-bond donors (Lipinski definition) is 1. The number of aryl methyl sites for hydroxylation is 1. The fourth-order valence-corrected chi connectivity index (χ4v) is 5.82. The van der Waals surface area contributed by atoms with Gasteiger partial charge in [-0.25, -0.2) is 8.78 Å². The molecule has 2 aromatic heterocycles. The van der Waals surface area contributed by atoms with Crippen molar-refractivity contribution >= 4 is 34.1 Å². The number of carbonyl (C=O) groups is 1. The number of nitrogens with zero attached hydrogens (tertiary/aromatic N) is 6. The lowest BCUT2D eigenvalue weighted by Gasteiger charge is -2.23. The minimum atomic E-state index is -2.75. The summed E-state index contributed by atoms with van der Waals surface area (Å²) in [5.74, 6) is -3.84. The van der Waals surface area contributed by atoms with Gasteiger partial charge < -0.3 is 0 Å². The number of alkyl halides is 2. The molecule has 0 radical (unpaired) electrons. The molecule has 32 heavy (non-hydrogen) atoms. The van der Waals surface area contributed by atoms with E-state index in [0.29, 0.717) is 21.8 Å². The average molecular weight is 480 g/mol. The van der Waals surface area contributed by atoms with Gasteiger partial charge in [0.15, 0.2) is 4.34 Å². The van der Waals surface area contributed by atoms with Crippen LogP contribution < -0.4 is 5.32 Å². The van der Waals surface area contributed by atoms with Gasteiger partial charge in [-0.05, 0) is 23.1 Å². The quantitative estimate of drug-likeness (QED) is 0.396. The number of hydrogen-bond acceptors (Lipinski definition) is 8. The Morgan fingerprint density at radius 2 is 2.00 bits per heavy atom. The number of tetrazole rings is 1. The highest BCUT2D eigenvalue weighted by Gasteiger charge is 2.45. The normalized spacial score (nSPS) is 18.8. The van der Waals surface area contributed by atoms with E-state index in [-0.39, 0.29) is 25.2 Å². The Hall–Kier alpha value is -2.47. The van der Waals surface area contributed by atoms with Crippen LogP contribution in [0.1, 0.15) is 44.6 Å². The second-order valence-electron chi connectivity index (χ2n) is 8.09. The summed E-state index contributed by atoms with van der Waals surface area (Å²) in [6.07, 6.45) is -0.247. The Labute approximate surface area is 192 Å². The van der Waals surface area contributed by atoms with Crippen LogP contribution in [0.5, 0.6) is 0 Å². The van der Waals surface area contributed by atoms with Crippen LogP contribution >= 0.6 is 23.1 Å². The molecule has 170 valence electrons. The van der Waals surface area contributed by atoms with Gasteiger partial charge in [0.2, 0.25) is 22.8 Å². The van der Waals surface area contributed by atoms with E-state index in [0.717, 1.165) is 9.90 Å². The molecule has 0 spiro atoms. The summed E-state index contributed by atoms with van der Waals surface area (Å²) in [5.41, 5.74) is 1.40. The summed E-state index contributed by atoms with van der Waals surface area (Å²) in [4.78, 5) is 14.6. The Balaban J connectivity index is 1.57. The van der Waals surface area contributed by atoms with Gasteiger partial charge >= 0.3 is 0 Å². The lowest BCUT2D eigenvalue weighted by atomic mass is 9.83. The molecule has 1 saturated carbocycles. The van der Waals surface area contributed by atoms with Crippen LogP contribution in [0.2, 0.25) is 0 Å². The number of thioether (sulfide) groups is 1. The first-order valence-corrected chi connectivity index (χ1v) is 11.9. The third kappa shape index (κ3) is 5.29. The van der Waals surface area contributed by atoms with Crippen molar-refractivity contribution in [1.82, 2.24) is 30.4 Å². The van der Waals surface area contributed by atoms with Crippen LogP contribution in [0.3, 0.4) is 0 Å². The molecule has 1 aromatic carbocycles. The largest absolute Gasteiger partial charge is 0.300 e. The second kappa shape index (κ2) is 9.18. The van der Waals surface area contributed by atoms with E-state index in [2.05, 4.69) is 30.9 Å². The van der Waals surface area contributed by atoms with Gasteiger partial charge in [-0.3, -0.25) is 10.1 Å². The maximum absolute atomic E-state index is 14.0. The molecule has 2 heterocycles.